The molecular formula is C19H22ClIN4O2S2. The number of nitrogens with two attached hydrogens (primary N) is 1. The predicted octanol–water partition coefficient (Wildman–Crippen LogP) is 4.64. The number of rotatable bonds is 9. The van der Waals surface area contributed by atoms with E-state index in [-0.39, 0.29) is 10.3 Å². The summed E-state index contributed by atoms with van der Waals surface area (Å²) in [6.07, 6.45) is 0. The summed E-state index contributed by atoms with van der Waals surface area (Å²) in [7, 11) is -3.76. The third-order valence-corrected chi connectivity index (χ3v) is 6.72. The molecule has 6 nitrogen and oxygen atoms in total. The van der Waals surface area contributed by atoms with Gasteiger partial charge in [-0.15, -0.1) is 11.8 Å². The highest BCUT2D eigenvalue weighted by Crippen LogP contribution is 2.27. The molecule has 156 valence electrons. The highest BCUT2D eigenvalue weighted by atomic mass is 127. The van der Waals surface area contributed by atoms with E-state index in [1.54, 1.807) is 36.0 Å². The third kappa shape index (κ3) is 7.22. The molecule has 0 saturated carbocycles. The van der Waals surface area contributed by atoms with Crippen LogP contribution in [0.2, 0.25) is 5.02 Å². The van der Waals surface area contributed by atoms with Gasteiger partial charge < -0.3 is 10.2 Å². The number of primary sulfonamides is 1. The van der Waals surface area contributed by atoms with Crippen LogP contribution in [0.4, 0.5) is 11.4 Å². The summed E-state index contributed by atoms with van der Waals surface area (Å²) in [6, 6.07) is 14.0. The van der Waals surface area contributed by atoms with Gasteiger partial charge in [0.15, 0.2) is 0 Å². The van der Waals surface area contributed by atoms with Crippen molar-refractivity contribution in [3.8, 4) is 6.07 Å². The van der Waals surface area contributed by atoms with Gasteiger partial charge in [-0.1, -0.05) is 47.2 Å². The van der Waals surface area contributed by atoms with Crippen LogP contribution in [0.25, 0.3) is 0 Å². The first-order chi connectivity index (χ1) is 13.6. The van der Waals surface area contributed by atoms with E-state index in [1.807, 2.05) is 18.2 Å². The zero-order chi connectivity index (χ0) is 21.6. The summed E-state index contributed by atoms with van der Waals surface area (Å²) in [6.45, 7) is 4.93. The Morgan fingerprint density at radius 3 is 2.62 bits per heavy atom. The third-order valence-electron chi connectivity index (χ3n) is 4.06. The van der Waals surface area contributed by atoms with Crippen LogP contribution in [0, 0.1) is 11.3 Å². The fourth-order valence-corrected chi connectivity index (χ4v) is 4.70. The fourth-order valence-electron chi connectivity index (χ4n) is 2.63. The van der Waals surface area contributed by atoms with Crippen molar-refractivity contribution in [3.05, 3.63) is 53.1 Å². The summed E-state index contributed by atoms with van der Waals surface area (Å²) in [5.74, 6) is 0.615. The Kier molecular flexibility index (Phi) is 8.91. The molecule has 0 radical (unpaired) electrons. The van der Waals surface area contributed by atoms with E-state index in [2.05, 4.69) is 46.7 Å². The minimum atomic E-state index is -3.76. The van der Waals surface area contributed by atoms with Gasteiger partial charge in [-0.05, 0) is 43.3 Å². The Morgan fingerprint density at radius 2 is 2.03 bits per heavy atom. The zero-order valence-electron chi connectivity index (χ0n) is 16.0. The summed E-state index contributed by atoms with van der Waals surface area (Å²) < 4.78 is 23.8. The van der Waals surface area contributed by atoms with Crippen LogP contribution in [0.1, 0.15) is 19.4 Å². The quantitative estimate of drug-likeness (QED) is 0.262. The van der Waals surface area contributed by atoms with E-state index in [0.717, 1.165) is 17.9 Å². The van der Waals surface area contributed by atoms with Crippen LogP contribution in [0.3, 0.4) is 0 Å². The first-order valence-electron chi connectivity index (χ1n) is 8.70. The van der Waals surface area contributed by atoms with Crippen molar-refractivity contribution >= 4 is 67.4 Å². The lowest BCUT2D eigenvalue weighted by molar-refractivity contribution is 0.597. The van der Waals surface area contributed by atoms with Crippen molar-refractivity contribution in [2.24, 2.45) is 5.14 Å². The molecule has 0 spiro atoms. The molecule has 3 N–H and O–H groups in total. The molecule has 0 aliphatic rings. The molecule has 29 heavy (non-hydrogen) atoms. The molecular weight excluding hydrogens is 543 g/mol. The molecule has 0 amide bonds. The molecule has 2 atom stereocenters. The fraction of sp³-hybridized carbons (Fsp3) is 0.316. The van der Waals surface area contributed by atoms with Gasteiger partial charge in [-0.25, -0.2) is 13.6 Å². The van der Waals surface area contributed by atoms with Crippen LogP contribution < -0.4 is 15.4 Å². The van der Waals surface area contributed by atoms with Gasteiger partial charge in [0, 0.05) is 21.8 Å². The number of hydrogen-bond donors (Lipinski definition) is 2. The van der Waals surface area contributed by atoms with E-state index < -0.39 is 10.0 Å². The predicted molar refractivity (Wildman–Crippen MR) is 130 cm³/mol. The zero-order valence-corrected chi connectivity index (χ0v) is 20.5. The van der Waals surface area contributed by atoms with Gasteiger partial charge >= 0.3 is 0 Å². The molecule has 0 aromatic heterocycles. The second-order valence-electron chi connectivity index (χ2n) is 6.37. The minimum absolute atomic E-state index is 0.0734. The SMILES string of the molecule is C[C@H](I)CN(c1cccc(S(N)(=O)=O)c1)[C@@H](C)SCNc1ccc(C#N)c(Cl)c1. The molecule has 2 aromatic carbocycles. The minimum Gasteiger partial charge on any atom is -0.376 e. The first-order valence-corrected chi connectivity index (χ1v) is 12.9. The highest BCUT2D eigenvalue weighted by Gasteiger charge is 2.19. The Bertz CT molecular complexity index is 996. The van der Waals surface area contributed by atoms with Crippen LogP contribution in [-0.2, 0) is 10.0 Å². The van der Waals surface area contributed by atoms with Crippen molar-refractivity contribution < 1.29 is 8.42 Å². The lowest BCUT2D eigenvalue weighted by Crippen LogP contribution is -2.35. The number of halogens is 2. The summed E-state index contributed by atoms with van der Waals surface area (Å²) in [4.78, 5) is 2.26. The molecule has 2 aromatic rings. The van der Waals surface area contributed by atoms with Crippen LogP contribution in [0.15, 0.2) is 47.4 Å². The second-order valence-corrected chi connectivity index (χ2v) is 11.8. The van der Waals surface area contributed by atoms with Crippen molar-refractivity contribution in [1.82, 2.24) is 0 Å². The van der Waals surface area contributed by atoms with E-state index >= 15 is 0 Å². The lowest BCUT2D eigenvalue weighted by Gasteiger charge is -2.32. The Balaban J connectivity index is 2.10. The van der Waals surface area contributed by atoms with E-state index in [1.165, 1.54) is 6.07 Å². The molecule has 0 heterocycles. The molecule has 0 unspecified atom stereocenters. The van der Waals surface area contributed by atoms with Gasteiger partial charge in [0.25, 0.3) is 0 Å². The Hall–Kier alpha value is -1.19. The lowest BCUT2D eigenvalue weighted by atomic mass is 10.2. The molecule has 0 aliphatic carbocycles. The van der Waals surface area contributed by atoms with Crippen LogP contribution >= 0.6 is 46.0 Å². The first kappa shape index (κ1) is 24.1. The van der Waals surface area contributed by atoms with Crippen molar-refractivity contribution in [2.45, 2.75) is 28.0 Å². The number of nitrogens with one attached hydrogen (secondary N) is 1. The van der Waals surface area contributed by atoms with Gasteiger partial charge in [-0.3, -0.25) is 0 Å². The number of benzene rings is 2. The monoisotopic (exact) mass is 564 g/mol. The van der Waals surface area contributed by atoms with Crippen LogP contribution in [0.5, 0.6) is 0 Å². The number of sulfonamides is 1. The smallest absolute Gasteiger partial charge is 0.238 e. The number of hydrogen-bond acceptors (Lipinski definition) is 6. The average Bonchev–Trinajstić information content (AvgIpc) is 2.65. The normalized spacial score (nSPS) is 13.4. The summed E-state index contributed by atoms with van der Waals surface area (Å²) >= 11 is 10.1. The average molecular weight is 565 g/mol. The van der Waals surface area contributed by atoms with Crippen molar-refractivity contribution in [3.63, 3.8) is 0 Å². The van der Waals surface area contributed by atoms with Gasteiger partial charge in [0.2, 0.25) is 10.0 Å². The number of nitriles is 1. The number of alkyl halides is 1. The van der Waals surface area contributed by atoms with Gasteiger partial charge in [-0.2, -0.15) is 5.26 Å². The van der Waals surface area contributed by atoms with Gasteiger partial charge in [0.05, 0.1) is 26.7 Å². The summed E-state index contributed by atoms with van der Waals surface area (Å²) in [5.41, 5.74) is 2.08. The maximum Gasteiger partial charge on any atom is 0.238 e. The van der Waals surface area contributed by atoms with E-state index in [0.29, 0.717) is 20.4 Å². The largest absolute Gasteiger partial charge is 0.376 e. The molecule has 0 aliphatic heterocycles. The Morgan fingerprint density at radius 1 is 1.31 bits per heavy atom. The molecule has 0 saturated heterocycles. The molecule has 0 fully saturated rings. The number of nitrogens with zero attached hydrogens (tertiary/aromatic N) is 2. The number of thioether (sulfide) groups is 1. The maximum absolute atomic E-state index is 11.7. The second kappa shape index (κ2) is 10.7. The Labute approximate surface area is 195 Å². The van der Waals surface area contributed by atoms with E-state index in [9.17, 15) is 8.42 Å². The number of anilines is 2. The molecule has 2 rings (SSSR count). The van der Waals surface area contributed by atoms with Gasteiger partial charge in [0.1, 0.15) is 6.07 Å². The summed E-state index contributed by atoms with van der Waals surface area (Å²) in [5, 5.41) is 18.0. The van der Waals surface area contributed by atoms with Crippen molar-refractivity contribution in [2.75, 3.05) is 22.6 Å². The maximum atomic E-state index is 11.7. The highest BCUT2D eigenvalue weighted by molar-refractivity contribution is 14.1. The van der Waals surface area contributed by atoms with Crippen LogP contribution in [-0.4, -0.2) is 30.1 Å². The van der Waals surface area contributed by atoms with Crippen molar-refractivity contribution in [1.29, 1.82) is 5.26 Å². The van der Waals surface area contributed by atoms with E-state index in [4.69, 9.17) is 22.0 Å². The standard InChI is InChI=1S/C19H22ClIN4O2S2/c1-13(21)11-25(17-4-3-5-18(9-17)29(23,26)27)14(2)28-12-24-16-7-6-15(10-22)19(20)8-16/h3-9,13-14,24H,11-12H2,1-2H3,(H2,23,26,27)/t13-,14+/m0/s1. The molecule has 10 heteroatoms. The topological polar surface area (TPSA) is 99.2 Å². The molecule has 0 bridgehead atoms.